The van der Waals surface area contributed by atoms with E-state index in [4.69, 9.17) is 4.84 Å². The van der Waals surface area contributed by atoms with Gasteiger partial charge in [-0.2, -0.15) is 4.68 Å². The summed E-state index contributed by atoms with van der Waals surface area (Å²) in [5, 5.41) is 12.0. The molecule has 2 aromatic carbocycles. The van der Waals surface area contributed by atoms with Gasteiger partial charge in [-0.05, 0) is 56.8 Å². The van der Waals surface area contributed by atoms with Crippen LogP contribution in [0.2, 0.25) is 0 Å². The van der Waals surface area contributed by atoms with Crippen molar-refractivity contribution in [2.75, 3.05) is 25.6 Å². The molecule has 0 aliphatic rings. The van der Waals surface area contributed by atoms with Crippen LogP contribution in [-0.2, 0) is 34.0 Å². The van der Waals surface area contributed by atoms with Gasteiger partial charge in [0.25, 0.3) is 5.91 Å². The van der Waals surface area contributed by atoms with Gasteiger partial charge in [0, 0.05) is 19.5 Å². The first kappa shape index (κ1) is 31.6. The lowest BCUT2D eigenvalue weighted by Gasteiger charge is -2.31. The SMILES string of the molecule is CC(C)CCC(=O)N([C@@H](CCCc1ccccc1)C(=O)NOCc1ccccc1)n1c(O)cn(CCN(C)C)c1=O. The van der Waals surface area contributed by atoms with Crippen LogP contribution < -0.4 is 16.2 Å². The summed E-state index contributed by atoms with van der Waals surface area (Å²) in [6.45, 7) is 5.00. The molecule has 2 N–H and O–H groups in total. The zero-order valence-electron chi connectivity index (χ0n) is 24.5. The predicted octanol–water partition coefficient (Wildman–Crippen LogP) is 3.46. The minimum absolute atomic E-state index is 0.111. The third-order valence-corrected chi connectivity index (χ3v) is 6.75. The molecule has 0 spiro atoms. The molecule has 10 heteroatoms. The van der Waals surface area contributed by atoms with E-state index in [0.29, 0.717) is 32.4 Å². The van der Waals surface area contributed by atoms with E-state index < -0.39 is 29.4 Å². The number of hydroxylamine groups is 1. The maximum atomic E-state index is 13.7. The molecule has 1 heterocycles. The Balaban J connectivity index is 1.92. The molecule has 0 fully saturated rings. The van der Waals surface area contributed by atoms with Gasteiger partial charge in [-0.1, -0.05) is 74.5 Å². The Morgan fingerprint density at radius 1 is 0.976 bits per heavy atom. The number of carbonyl (C=O) groups excluding carboxylic acids is 2. The van der Waals surface area contributed by atoms with Crippen molar-refractivity contribution in [3.05, 3.63) is 88.5 Å². The summed E-state index contributed by atoms with van der Waals surface area (Å²) >= 11 is 0. The molecule has 3 aromatic rings. The average molecular weight is 566 g/mol. The largest absolute Gasteiger partial charge is 0.492 e. The van der Waals surface area contributed by atoms with Crippen LogP contribution in [0.5, 0.6) is 5.88 Å². The van der Waals surface area contributed by atoms with E-state index in [9.17, 15) is 19.5 Å². The second kappa shape index (κ2) is 15.8. The minimum atomic E-state index is -1.09. The fourth-order valence-corrected chi connectivity index (χ4v) is 4.43. The van der Waals surface area contributed by atoms with Gasteiger partial charge in [-0.3, -0.25) is 19.0 Å². The van der Waals surface area contributed by atoms with Crippen molar-refractivity contribution < 1.29 is 19.5 Å². The number of nitrogens with zero attached hydrogens (tertiary/aromatic N) is 4. The molecule has 1 atom stereocenters. The second-order valence-corrected chi connectivity index (χ2v) is 10.9. The maximum Gasteiger partial charge on any atom is 0.350 e. The first-order valence-corrected chi connectivity index (χ1v) is 14.1. The molecule has 10 nitrogen and oxygen atoms in total. The topological polar surface area (TPSA) is 109 Å². The minimum Gasteiger partial charge on any atom is -0.492 e. The number of rotatable bonds is 16. The summed E-state index contributed by atoms with van der Waals surface area (Å²) in [5.41, 5.74) is 3.87. The van der Waals surface area contributed by atoms with Gasteiger partial charge in [-0.15, -0.1) is 0 Å². The highest BCUT2D eigenvalue weighted by atomic mass is 16.7. The fourth-order valence-electron chi connectivity index (χ4n) is 4.43. The Labute approximate surface area is 242 Å². The number of aryl methyl sites for hydroxylation is 1. The normalized spacial score (nSPS) is 12.0. The molecule has 1 aromatic heterocycles. The van der Waals surface area contributed by atoms with Crippen molar-refractivity contribution in [2.24, 2.45) is 5.92 Å². The zero-order valence-corrected chi connectivity index (χ0v) is 24.5. The number of aromatic hydroxyl groups is 1. The van der Waals surface area contributed by atoms with Crippen molar-refractivity contribution in [2.45, 2.75) is 65.1 Å². The molecule has 0 unspecified atom stereocenters. The number of carbonyl (C=O) groups is 2. The van der Waals surface area contributed by atoms with Gasteiger partial charge < -0.3 is 10.0 Å². The lowest BCUT2D eigenvalue weighted by Crippen LogP contribution is -2.58. The van der Waals surface area contributed by atoms with Crippen molar-refractivity contribution >= 4 is 11.8 Å². The van der Waals surface area contributed by atoms with Crippen LogP contribution in [0.25, 0.3) is 0 Å². The summed E-state index contributed by atoms with van der Waals surface area (Å²) in [4.78, 5) is 48.3. The van der Waals surface area contributed by atoms with Crippen molar-refractivity contribution in [3.63, 3.8) is 0 Å². The average Bonchev–Trinajstić information content (AvgIpc) is 3.23. The molecule has 2 amide bonds. The number of hydrogen-bond acceptors (Lipinski definition) is 6. The van der Waals surface area contributed by atoms with Crippen LogP contribution in [0.1, 0.15) is 50.7 Å². The van der Waals surface area contributed by atoms with E-state index in [-0.39, 0.29) is 25.4 Å². The van der Waals surface area contributed by atoms with Gasteiger partial charge in [0.15, 0.2) is 0 Å². The molecule has 3 rings (SSSR count). The smallest absolute Gasteiger partial charge is 0.350 e. The Kier molecular flexibility index (Phi) is 12.2. The van der Waals surface area contributed by atoms with E-state index in [0.717, 1.165) is 20.8 Å². The van der Waals surface area contributed by atoms with Crippen LogP contribution in [0.15, 0.2) is 71.7 Å². The Morgan fingerprint density at radius 3 is 2.22 bits per heavy atom. The lowest BCUT2D eigenvalue weighted by molar-refractivity contribution is -0.138. The van der Waals surface area contributed by atoms with Gasteiger partial charge in [0.1, 0.15) is 6.04 Å². The maximum absolute atomic E-state index is 13.7. The molecule has 0 radical (unpaired) electrons. The Bertz CT molecular complexity index is 1290. The Morgan fingerprint density at radius 2 is 1.61 bits per heavy atom. The monoisotopic (exact) mass is 565 g/mol. The number of aromatic nitrogens is 2. The number of nitrogens with one attached hydrogen (secondary N) is 1. The molecule has 0 saturated heterocycles. The molecule has 41 heavy (non-hydrogen) atoms. The molecule has 0 aliphatic heterocycles. The zero-order chi connectivity index (χ0) is 29.8. The molecular weight excluding hydrogens is 522 g/mol. The quantitative estimate of drug-likeness (QED) is 0.258. The number of hydrogen-bond donors (Lipinski definition) is 2. The molecule has 0 bridgehead atoms. The number of imidazole rings is 1. The first-order valence-electron chi connectivity index (χ1n) is 14.1. The summed E-state index contributed by atoms with van der Waals surface area (Å²) in [7, 11) is 3.76. The van der Waals surface area contributed by atoms with Crippen LogP contribution in [-0.4, -0.2) is 57.7 Å². The summed E-state index contributed by atoms with van der Waals surface area (Å²) in [5.74, 6) is -1.17. The second-order valence-electron chi connectivity index (χ2n) is 10.9. The van der Waals surface area contributed by atoms with Crippen LogP contribution in [0.4, 0.5) is 0 Å². The number of benzene rings is 2. The molecule has 222 valence electrons. The van der Waals surface area contributed by atoms with E-state index in [1.165, 1.54) is 10.8 Å². The molecule has 0 aliphatic carbocycles. The van der Waals surface area contributed by atoms with Crippen LogP contribution in [0.3, 0.4) is 0 Å². The van der Waals surface area contributed by atoms with E-state index in [1.54, 1.807) is 0 Å². The highest BCUT2D eigenvalue weighted by molar-refractivity contribution is 5.95. The van der Waals surface area contributed by atoms with Crippen molar-refractivity contribution in [1.82, 2.24) is 19.6 Å². The van der Waals surface area contributed by atoms with E-state index in [2.05, 4.69) is 5.48 Å². The highest BCUT2D eigenvalue weighted by Crippen LogP contribution is 2.18. The van der Waals surface area contributed by atoms with Crippen molar-refractivity contribution in [1.29, 1.82) is 0 Å². The number of likely N-dealkylation sites (N-methyl/N-ethyl adjacent to an activating group) is 1. The Hall–Kier alpha value is -3.89. The summed E-state index contributed by atoms with van der Waals surface area (Å²) in [6, 6.07) is 18.1. The van der Waals surface area contributed by atoms with Gasteiger partial charge >= 0.3 is 5.69 Å². The fraction of sp³-hybridized carbons (Fsp3) is 0.452. The first-order chi connectivity index (χ1) is 19.7. The highest BCUT2D eigenvalue weighted by Gasteiger charge is 2.34. The van der Waals surface area contributed by atoms with Crippen molar-refractivity contribution in [3.8, 4) is 5.88 Å². The standard InChI is InChI=1S/C31H43N5O5/c1-24(2)18-19-28(37)35(36-29(38)22-34(31(36)40)21-20-33(3)4)27(17-11-16-25-12-7-5-8-13-25)30(39)32-41-23-26-14-9-6-10-15-26/h5-10,12-15,22,24,27,38H,11,16-21,23H2,1-4H3,(H,32,39)/t27-/m0/s1. The lowest BCUT2D eigenvalue weighted by atomic mass is 10.0. The third kappa shape index (κ3) is 9.61. The van der Waals surface area contributed by atoms with Gasteiger partial charge in [-0.25, -0.2) is 15.3 Å². The number of amides is 2. The molecular formula is C31H43N5O5. The molecule has 0 saturated carbocycles. The van der Waals surface area contributed by atoms with E-state index in [1.807, 2.05) is 93.5 Å². The van der Waals surface area contributed by atoms with Gasteiger partial charge in [0.05, 0.1) is 12.8 Å². The summed E-state index contributed by atoms with van der Waals surface area (Å²) < 4.78 is 2.28. The van der Waals surface area contributed by atoms with E-state index >= 15 is 0 Å². The van der Waals surface area contributed by atoms with Gasteiger partial charge in [0.2, 0.25) is 11.8 Å². The predicted molar refractivity (Wildman–Crippen MR) is 159 cm³/mol. The summed E-state index contributed by atoms with van der Waals surface area (Å²) in [6.07, 6.45) is 3.46. The van der Waals surface area contributed by atoms with Crippen LogP contribution >= 0.6 is 0 Å². The van der Waals surface area contributed by atoms with Crippen LogP contribution in [0, 0.1) is 5.92 Å². The third-order valence-electron chi connectivity index (χ3n) is 6.75.